The summed E-state index contributed by atoms with van der Waals surface area (Å²) in [5.74, 6) is -0.387. The molecule has 0 aliphatic heterocycles. The van der Waals surface area contributed by atoms with E-state index in [9.17, 15) is 14.7 Å². The number of carboxylic acid groups (broad SMARTS) is 1. The molecule has 1 aliphatic carbocycles. The first-order valence-electron chi connectivity index (χ1n) is 14.1. The lowest BCUT2D eigenvalue weighted by atomic mass is 9.79. The number of hydrogen-bond donors (Lipinski definition) is 3. The quantitative estimate of drug-likeness (QED) is 0.163. The third kappa shape index (κ3) is 8.45. The highest BCUT2D eigenvalue weighted by Gasteiger charge is 2.37. The number of rotatable bonds is 12. The van der Waals surface area contributed by atoms with E-state index in [0.717, 1.165) is 46.5 Å². The van der Waals surface area contributed by atoms with Crippen LogP contribution in [0.15, 0.2) is 53.4 Å². The van der Waals surface area contributed by atoms with Crippen molar-refractivity contribution < 1.29 is 24.2 Å². The number of nitrogens with zero attached hydrogens (tertiary/aromatic N) is 2. The molecule has 10 heteroatoms. The number of esters is 1. The van der Waals surface area contributed by atoms with Crippen LogP contribution in [-0.2, 0) is 9.53 Å². The summed E-state index contributed by atoms with van der Waals surface area (Å²) in [4.78, 5) is 33.4. The van der Waals surface area contributed by atoms with Gasteiger partial charge in [-0.05, 0) is 79.8 Å². The maximum Gasteiger partial charge on any atom is 0.335 e. The number of carboxylic acids is 1. The molecule has 1 saturated carbocycles. The summed E-state index contributed by atoms with van der Waals surface area (Å²) in [5, 5.41) is 13.0. The molecule has 224 valence electrons. The van der Waals surface area contributed by atoms with Crippen molar-refractivity contribution in [2.24, 2.45) is 11.3 Å². The van der Waals surface area contributed by atoms with Gasteiger partial charge in [0.25, 0.3) is 0 Å². The summed E-state index contributed by atoms with van der Waals surface area (Å²) in [7, 11) is 1.43. The van der Waals surface area contributed by atoms with Gasteiger partial charge in [-0.15, -0.1) is 0 Å². The van der Waals surface area contributed by atoms with E-state index in [1.807, 2.05) is 44.2 Å². The van der Waals surface area contributed by atoms with Gasteiger partial charge in [0.05, 0.1) is 24.3 Å². The number of nitrogens with one attached hydrogen (secondary N) is 2. The van der Waals surface area contributed by atoms with Gasteiger partial charge in [-0.2, -0.15) is 4.98 Å². The lowest BCUT2D eigenvalue weighted by Crippen LogP contribution is -2.51. The number of carbonyl (C=O) groups excluding carboxylic acids is 1. The third-order valence-corrected chi connectivity index (χ3v) is 7.99. The molecule has 0 saturated heterocycles. The second kappa shape index (κ2) is 13.6. The zero-order valence-electron chi connectivity index (χ0n) is 25.1. The Morgan fingerprint density at radius 2 is 1.76 bits per heavy atom. The van der Waals surface area contributed by atoms with Crippen molar-refractivity contribution in [2.75, 3.05) is 18.4 Å². The first kappa shape index (κ1) is 31.3. The predicted molar refractivity (Wildman–Crippen MR) is 165 cm³/mol. The van der Waals surface area contributed by atoms with Gasteiger partial charge in [-0.25, -0.2) is 9.78 Å². The fourth-order valence-corrected chi connectivity index (χ4v) is 5.86. The van der Waals surface area contributed by atoms with E-state index in [0.29, 0.717) is 18.4 Å². The van der Waals surface area contributed by atoms with Crippen LogP contribution in [0.1, 0.15) is 61.5 Å². The van der Waals surface area contributed by atoms with Crippen LogP contribution in [0.25, 0.3) is 11.3 Å². The second-order valence-corrected chi connectivity index (χ2v) is 12.9. The number of methoxy groups -OCH3 is 1. The topological polar surface area (TPSA) is 123 Å². The van der Waals surface area contributed by atoms with Crippen LogP contribution in [0.5, 0.6) is 5.88 Å². The Kier molecular flexibility index (Phi) is 10.1. The van der Waals surface area contributed by atoms with Gasteiger partial charge in [-0.3, -0.25) is 9.52 Å². The summed E-state index contributed by atoms with van der Waals surface area (Å²) >= 11 is 1.24. The van der Waals surface area contributed by atoms with Gasteiger partial charge in [-0.1, -0.05) is 45.0 Å². The third-order valence-electron chi connectivity index (χ3n) is 7.22. The zero-order valence-corrected chi connectivity index (χ0v) is 25.9. The summed E-state index contributed by atoms with van der Waals surface area (Å²) in [5.41, 5.74) is 4.19. The van der Waals surface area contributed by atoms with E-state index in [4.69, 9.17) is 14.5 Å². The minimum Gasteiger partial charge on any atom is -0.478 e. The van der Waals surface area contributed by atoms with Crippen molar-refractivity contribution in [3.8, 4) is 17.1 Å². The van der Waals surface area contributed by atoms with Crippen molar-refractivity contribution in [2.45, 2.75) is 70.9 Å². The number of aryl methyl sites for hydroxylation is 2. The maximum absolute atomic E-state index is 11.9. The number of benzene rings is 2. The Labute approximate surface area is 252 Å². The van der Waals surface area contributed by atoms with Gasteiger partial charge in [0.1, 0.15) is 6.61 Å². The van der Waals surface area contributed by atoms with Gasteiger partial charge in [0.15, 0.2) is 0 Å². The smallest absolute Gasteiger partial charge is 0.335 e. The van der Waals surface area contributed by atoms with Gasteiger partial charge in [0, 0.05) is 28.6 Å². The Bertz CT molecular complexity index is 1400. The minimum atomic E-state index is -0.984. The van der Waals surface area contributed by atoms with Crippen LogP contribution in [0, 0.1) is 25.2 Å². The molecule has 0 radical (unpaired) electrons. The minimum absolute atomic E-state index is 0.0483. The highest BCUT2D eigenvalue weighted by molar-refractivity contribution is 8.00. The highest BCUT2D eigenvalue weighted by Crippen LogP contribution is 2.32. The molecule has 0 bridgehead atoms. The molecule has 3 N–H and O–H groups in total. The molecule has 3 aromatic rings. The molecule has 2 aromatic carbocycles. The van der Waals surface area contributed by atoms with E-state index in [2.05, 4.69) is 35.8 Å². The van der Waals surface area contributed by atoms with Crippen LogP contribution in [0.3, 0.4) is 0 Å². The molecule has 1 atom stereocenters. The molecule has 0 spiro atoms. The first-order valence-corrected chi connectivity index (χ1v) is 14.9. The number of carbonyl (C=O) groups is 2. The molecule has 1 aromatic heterocycles. The number of anilines is 1. The number of ether oxygens (including phenoxy) is 2. The Morgan fingerprint density at radius 1 is 1.07 bits per heavy atom. The maximum atomic E-state index is 11.9. The normalized spacial score (nSPS) is 17.2. The average molecular weight is 593 g/mol. The summed E-state index contributed by atoms with van der Waals surface area (Å²) in [6.07, 6.45) is 2.39. The van der Waals surface area contributed by atoms with Gasteiger partial charge < -0.3 is 19.9 Å². The van der Waals surface area contributed by atoms with Crippen molar-refractivity contribution in [3.05, 3.63) is 65.2 Å². The molecule has 1 unspecified atom stereocenters. The molecule has 1 aliphatic rings. The van der Waals surface area contributed by atoms with Crippen molar-refractivity contribution in [3.63, 3.8) is 0 Å². The zero-order chi connectivity index (χ0) is 30.4. The van der Waals surface area contributed by atoms with Crippen molar-refractivity contribution in [1.82, 2.24) is 15.3 Å². The SMILES string of the molecule is COC(=O)C1CC(NC(COc2cc(-c3c(C)cccc3C)nc(NSc3cccc(C(=O)O)c3)n2)CC(C)(C)C)C1. The monoisotopic (exact) mass is 592 g/mol. The van der Waals surface area contributed by atoms with E-state index < -0.39 is 5.97 Å². The summed E-state index contributed by atoms with van der Waals surface area (Å²) < 4.78 is 14.4. The summed E-state index contributed by atoms with van der Waals surface area (Å²) in [6, 6.07) is 14.9. The van der Waals surface area contributed by atoms with Gasteiger partial charge >= 0.3 is 11.9 Å². The fraction of sp³-hybridized carbons (Fsp3) is 0.438. The van der Waals surface area contributed by atoms with Crippen LogP contribution < -0.4 is 14.8 Å². The largest absolute Gasteiger partial charge is 0.478 e. The van der Waals surface area contributed by atoms with Crippen LogP contribution in [0.2, 0.25) is 0 Å². The fourth-order valence-electron chi connectivity index (χ4n) is 5.23. The number of aromatic carboxylic acids is 1. The number of aromatic nitrogens is 2. The second-order valence-electron chi connectivity index (χ2n) is 12.0. The molecule has 9 nitrogen and oxygen atoms in total. The first-order chi connectivity index (χ1) is 19.9. The van der Waals surface area contributed by atoms with E-state index >= 15 is 0 Å². The van der Waals surface area contributed by atoms with Crippen LogP contribution in [-0.4, -0.2) is 52.8 Å². The molecule has 0 amide bonds. The summed E-state index contributed by atoms with van der Waals surface area (Å²) in [6.45, 7) is 11.1. The van der Waals surface area contributed by atoms with E-state index in [1.54, 1.807) is 18.2 Å². The van der Waals surface area contributed by atoms with E-state index in [-0.39, 0.29) is 34.9 Å². The predicted octanol–water partition coefficient (Wildman–Crippen LogP) is 6.30. The van der Waals surface area contributed by atoms with E-state index in [1.165, 1.54) is 19.1 Å². The van der Waals surface area contributed by atoms with Crippen LogP contribution >= 0.6 is 11.9 Å². The van der Waals surface area contributed by atoms with Crippen LogP contribution in [0.4, 0.5) is 5.95 Å². The number of hydrogen-bond acceptors (Lipinski definition) is 9. The lowest BCUT2D eigenvalue weighted by molar-refractivity contribution is -0.149. The molecule has 1 fully saturated rings. The van der Waals surface area contributed by atoms with Crippen molar-refractivity contribution >= 4 is 29.8 Å². The molecule has 1 heterocycles. The Morgan fingerprint density at radius 3 is 2.40 bits per heavy atom. The highest BCUT2D eigenvalue weighted by atomic mass is 32.2. The average Bonchev–Trinajstić information content (AvgIpc) is 2.91. The van der Waals surface area contributed by atoms with Crippen molar-refractivity contribution in [1.29, 1.82) is 0 Å². The Balaban J connectivity index is 1.55. The standard InChI is InChI=1S/C32H40N4O5S/c1-19-9-7-10-20(2)28(19)26-16-27(35-31(34-26)36-42-25-12-8-11-21(15-25)29(37)38)41-18-24(17-32(3,4)5)33-23-13-22(14-23)30(39)40-6/h7-12,15-16,22-24,33H,13-14,17-18H2,1-6H3,(H,37,38)(H,34,35,36). The Hall–Kier alpha value is -3.63. The molecular formula is C32H40N4O5S. The molecule has 4 rings (SSSR count). The lowest BCUT2D eigenvalue weighted by Gasteiger charge is -2.38. The van der Waals surface area contributed by atoms with Gasteiger partial charge in [0.2, 0.25) is 11.8 Å². The molecular weight excluding hydrogens is 552 g/mol. The molecule has 42 heavy (non-hydrogen) atoms.